The molecule has 0 unspecified atom stereocenters. The third-order valence-electron chi connectivity index (χ3n) is 3.73. The van der Waals surface area contributed by atoms with Gasteiger partial charge in [0.05, 0.1) is 0 Å². The van der Waals surface area contributed by atoms with E-state index in [0.29, 0.717) is 43.1 Å². The molecule has 3 N–H and O–H groups in total. The van der Waals surface area contributed by atoms with E-state index in [1.54, 1.807) is 48.8 Å². The Kier molecular flexibility index (Phi) is 4.93. The first-order valence-corrected chi connectivity index (χ1v) is 8.34. The van der Waals surface area contributed by atoms with Crippen molar-refractivity contribution in [1.82, 2.24) is 55.4 Å². The molecule has 0 aliphatic carbocycles. The molecule has 1 aromatic carbocycles. The van der Waals surface area contributed by atoms with E-state index in [1.807, 2.05) is 12.1 Å². The normalized spacial score (nSPS) is 10.4. The monoisotopic (exact) mass is 407 g/mol. The van der Waals surface area contributed by atoms with Crippen LogP contribution in [0.3, 0.4) is 0 Å². The van der Waals surface area contributed by atoms with Crippen molar-refractivity contribution in [2.24, 2.45) is 0 Å². The molecule has 0 spiro atoms. The average Bonchev–Trinajstić information content (AvgIpc) is 3.48. The predicted octanol–water partition coefficient (Wildman–Crippen LogP) is 0.796. The molecule has 0 bridgehead atoms. The Morgan fingerprint density at radius 1 is 0.567 bits per heavy atom. The van der Waals surface area contributed by atoms with E-state index in [1.165, 1.54) is 0 Å². The van der Waals surface area contributed by atoms with Crippen LogP contribution < -0.4 is 0 Å². The number of hydrogen-bond acceptors (Lipinski definition) is 11. The van der Waals surface area contributed by atoms with Gasteiger partial charge < -0.3 is 15.6 Å². The summed E-state index contributed by atoms with van der Waals surface area (Å²) in [5, 5.41) is 47.8. The zero-order chi connectivity index (χ0) is 20.9. The van der Waals surface area contributed by atoms with Crippen LogP contribution in [0, 0.1) is 0 Å². The summed E-state index contributed by atoms with van der Waals surface area (Å²) in [6.07, 6.45) is 3.16. The summed E-state index contributed by atoms with van der Waals surface area (Å²) in [6.45, 7) is 0. The number of aromatic nitrogens is 11. The number of para-hydroxylation sites is 1. The second kappa shape index (κ2) is 8.01. The minimum Gasteiger partial charge on any atom is -0.410 e. The molecule has 5 aromatic heterocycles. The van der Waals surface area contributed by atoms with Crippen LogP contribution in [0.2, 0.25) is 0 Å². The minimum atomic E-state index is 0.377. The lowest BCUT2D eigenvalue weighted by atomic mass is 10.3. The molecule has 6 aromatic rings. The van der Waals surface area contributed by atoms with Gasteiger partial charge in [0, 0.05) is 12.4 Å². The van der Waals surface area contributed by atoms with E-state index < -0.39 is 0 Å². The van der Waals surface area contributed by atoms with Gasteiger partial charge in [0.15, 0.2) is 0 Å². The van der Waals surface area contributed by atoms with Gasteiger partial charge in [0.25, 0.3) is 0 Å². The smallest absolute Gasteiger partial charge is 0.219 e. The van der Waals surface area contributed by atoms with Crippen LogP contribution in [0.5, 0.6) is 0 Å². The molecule has 0 fully saturated rings. The van der Waals surface area contributed by atoms with Crippen molar-refractivity contribution in [3.63, 3.8) is 0 Å². The molecular formula is C16H13N11O3. The number of rotatable bonds is 0. The van der Waals surface area contributed by atoms with E-state index in [-0.39, 0.29) is 0 Å². The quantitative estimate of drug-likeness (QED) is 0.303. The largest absolute Gasteiger partial charge is 0.410 e. The Balaban J connectivity index is 0.000000109. The molecule has 6 rings (SSSR count). The van der Waals surface area contributed by atoms with Gasteiger partial charge in [-0.2, -0.15) is 0 Å². The van der Waals surface area contributed by atoms with Crippen molar-refractivity contribution in [2.75, 3.05) is 0 Å². The van der Waals surface area contributed by atoms with Gasteiger partial charge in [-0.3, -0.25) is 0 Å². The van der Waals surface area contributed by atoms with Gasteiger partial charge in [-0.25, -0.2) is 9.97 Å². The molecule has 0 saturated heterocycles. The third-order valence-corrected chi connectivity index (χ3v) is 3.73. The molecular weight excluding hydrogens is 394 g/mol. The predicted molar refractivity (Wildman–Crippen MR) is 99.7 cm³/mol. The fourth-order valence-corrected chi connectivity index (χ4v) is 2.36. The lowest BCUT2D eigenvalue weighted by Gasteiger charge is -1.85. The van der Waals surface area contributed by atoms with Crippen molar-refractivity contribution < 1.29 is 15.6 Å². The van der Waals surface area contributed by atoms with Gasteiger partial charge in [-0.15, -0.1) is 15.3 Å². The molecule has 150 valence electrons. The van der Waals surface area contributed by atoms with Crippen molar-refractivity contribution in [1.29, 1.82) is 0 Å². The Morgan fingerprint density at radius 2 is 1.17 bits per heavy atom. The van der Waals surface area contributed by atoms with Crippen LogP contribution in [0.25, 0.3) is 33.4 Å². The van der Waals surface area contributed by atoms with Crippen LogP contribution in [0.15, 0.2) is 60.9 Å². The maximum absolute atomic E-state index is 8.95. The fourth-order valence-electron chi connectivity index (χ4n) is 2.36. The maximum Gasteiger partial charge on any atom is 0.219 e. The SMILES string of the molecule is On1nnc2ccccc21.On1nnc2cccnc21.On1nnc2ncccc21. The molecule has 0 atom stereocenters. The highest BCUT2D eigenvalue weighted by Crippen LogP contribution is 2.06. The number of benzene rings is 1. The summed E-state index contributed by atoms with van der Waals surface area (Å²) in [4.78, 5) is 9.78. The standard InChI is InChI=1S/C6H5N3O.2C5H4N4O/c10-9-6-4-2-1-3-5(6)7-8-9;10-9-4-2-1-3-6-5(4)7-8-9;10-9-5-4(7-8-9)2-1-3-6-5/h1-4,10H;2*1-3,10H. The first kappa shape index (κ1) is 18.5. The Bertz CT molecular complexity index is 1240. The summed E-state index contributed by atoms with van der Waals surface area (Å²) >= 11 is 0. The van der Waals surface area contributed by atoms with Crippen molar-refractivity contribution in [2.45, 2.75) is 0 Å². The van der Waals surface area contributed by atoms with Crippen LogP contribution in [0.1, 0.15) is 0 Å². The van der Waals surface area contributed by atoms with Gasteiger partial charge in [-0.05, 0) is 52.0 Å². The summed E-state index contributed by atoms with van der Waals surface area (Å²) in [6, 6.07) is 14.0. The number of nitrogens with zero attached hydrogens (tertiary/aromatic N) is 11. The van der Waals surface area contributed by atoms with Gasteiger partial charge in [0.2, 0.25) is 11.3 Å². The summed E-state index contributed by atoms with van der Waals surface area (Å²) in [7, 11) is 0. The van der Waals surface area contributed by atoms with E-state index >= 15 is 0 Å². The minimum absolute atomic E-state index is 0.377. The van der Waals surface area contributed by atoms with Gasteiger partial charge in [0.1, 0.15) is 22.1 Å². The zero-order valence-electron chi connectivity index (χ0n) is 15.0. The lowest BCUT2D eigenvalue weighted by molar-refractivity contribution is 0.153. The van der Waals surface area contributed by atoms with Crippen LogP contribution in [0.4, 0.5) is 0 Å². The Labute approximate surface area is 166 Å². The summed E-state index contributed by atoms with van der Waals surface area (Å²) < 4.78 is 0. The first-order valence-electron chi connectivity index (χ1n) is 8.34. The second-order valence-corrected chi connectivity index (χ2v) is 5.62. The number of pyridine rings is 2. The molecule has 14 nitrogen and oxygen atoms in total. The Hall–Kier alpha value is -4.88. The summed E-state index contributed by atoms with van der Waals surface area (Å²) in [5.41, 5.74) is 3.26. The van der Waals surface area contributed by atoms with Crippen LogP contribution in [-0.4, -0.2) is 71.1 Å². The second-order valence-electron chi connectivity index (χ2n) is 5.62. The third kappa shape index (κ3) is 3.72. The van der Waals surface area contributed by atoms with Crippen LogP contribution in [-0.2, 0) is 0 Å². The van der Waals surface area contributed by atoms with Crippen molar-refractivity contribution >= 4 is 33.4 Å². The van der Waals surface area contributed by atoms with E-state index in [0.717, 1.165) is 4.85 Å². The maximum atomic E-state index is 8.95. The zero-order valence-corrected chi connectivity index (χ0v) is 15.0. The summed E-state index contributed by atoms with van der Waals surface area (Å²) in [5.74, 6) is 0. The van der Waals surface area contributed by atoms with E-state index in [4.69, 9.17) is 15.6 Å². The molecule has 5 heterocycles. The first-order chi connectivity index (χ1) is 14.6. The van der Waals surface area contributed by atoms with Gasteiger partial charge in [-0.1, -0.05) is 26.7 Å². The number of fused-ring (bicyclic) bond motifs is 3. The van der Waals surface area contributed by atoms with E-state index in [2.05, 4.69) is 40.9 Å². The van der Waals surface area contributed by atoms with E-state index in [9.17, 15) is 0 Å². The molecule has 0 saturated carbocycles. The molecule has 0 aliphatic heterocycles. The highest BCUT2D eigenvalue weighted by atomic mass is 16.5. The number of hydrogen-bond donors (Lipinski definition) is 3. The van der Waals surface area contributed by atoms with Crippen molar-refractivity contribution in [3.05, 3.63) is 60.9 Å². The van der Waals surface area contributed by atoms with Crippen molar-refractivity contribution in [3.8, 4) is 0 Å². The lowest BCUT2D eigenvalue weighted by Crippen LogP contribution is -1.92. The van der Waals surface area contributed by atoms with Crippen LogP contribution >= 0.6 is 0 Å². The molecule has 30 heavy (non-hydrogen) atoms. The topological polar surface area (TPSA) is 179 Å². The average molecular weight is 407 g/mol. The fraction of sp³-hybridized carbons (Fsp3) is 0. The molecule has 0 radical (unpaired) electrons. The van der Waals surface area contributed by atoms with Gasteiger partial charge >= 0.3 is 0 Å². The molecule has 0 aliphatic rings. The highest BCUT2D eigenvalue weighted by molar-refractivity contribution is 5.73. The molecule has 0 amide bonds. The highest BCUT2D eigenvalue weighted by Gasteiger charge is 2.01. The Morgan fingerprint density at radius 3 is 1.97 bits per heavy atom. The molecule has 14 heteroatoms.